The minimum absolute atomic E-state index is 0.142. The molecule has 0 spiro atoms. The lowest BCUT2D eigenvalue weighted by molar-refractivity contribution is -0.133. The summed E-state index contributed by atoms with van der Waals surface area (Å²) in [6, 6.07) is -0.354. The smallest absolute Gasteiger partial charge is 0.325 e. The quantitative estimate of drug-likeness (QED) is 0.799. The molecule has 0 aliphatic carbocycles. The predicted octanol–water partition coefficient (Wildman–Crippen LogP) is 1.50. The SMILES string of the molecule is CC1(C)NC(=O)N(CCCC(=O)N2CCCCCC2)C1=O. The number of hydrogen-bond donors (Lipinski definition) is 1. The number of imide groups is 1. The van der Waals surface area contributed by atoms with Crippen molar-refractivity contribution >= 4 is 17.8 Å². The van der Waals surface area contributed by atoms with Crippen molar-refractivity contribution in [3.05, 3.63) is 0 Å². The van der Waals surface area contributed by atoms with Crippen LogP contribution in [0.4, 0.5) is 4.79 Å². The van der Waals surface area contributed by atoms with Crippen molar-refractivity contribution in [3.8, 4) is 0 Å². The second-order valence-electron chi connectivity index (χ2n) is 6.41. The van der Waals surface area contributed by atoms with Gasteiger partial charge in [0.05, 0.1) is 0 Å². The largest absolute Gasteiger partial charge is 0.343 e. The van der Waals surface area contributed by atoms with Gasteiger partial charge in [0.1, 0.15) is 5.54 Å². The maximum absolute atomic E-state index is 12.1. The molecule has 0 aromatic rings. The number of likely N-dealkylation sites (tertiary alicyclic amines) is 1. The summed E-state index contributed by atoms with van der Waals surface area (Å²) in [6.07, 6.45) is 5.48. The van der Waals surface area contributed by atoms with E-state index in [9.17, 15) is 14.4 Å². The molecule has 0 bridgehead atoms. The Bertz CT molecular complexity index is 426. The number of urea groups is 1. The number of carbonyl (C=O) groups is 3. The van der Waals surface area contributed by atoms with E-state index in [0.29, 0.717) is 19.4 Å². The Morgan fingerprint density at radius 1 is 1.14 bits per heavy atom. The molecule has 2 saturated heterocycles. The fourth-order valence-electron chi connectivity index (χ4n) is 2.89. The summed E-state index contributed by atoms with van der Waals surface area (Å²) in [6.45, 7) is 5.38. The second-order valence-corrected chi connectivity index (χ2v) is 6.41. The van der Waals surface area contributed by atoms with Gasteiger partial charge < -0.3 is 10.2 Å². The average Bonchev–Trinajstić information content (AvgIpc) is 2.66. The van der Waals surface area contributed by atoms with Crippen molar-refractivity contribution in [1.82, 2.24) is 15.1 Å². The molecule has 21 heavy (non-hydrogen) atoms. The molecule has 1 N–H and O–H groups in total. The van der Waals surface area contributed by atoms with Crippen LogP contribution in [0.15, 0.2) is 0 Å². The Morgan fingerprint density at radius 3 is 2.29 bits per heavy atom. The Hall–Kier alpha value is -1.59. The molecular formula is C15H25N3O3. The van der Waals surface area contributed by atoms with E-state index in [4.69, 9.17) is 0 Å². The number of rotatable bonds is 4. The van der Waals surface area contributed by atoms with Crippen molar-refractivity contribution in [2.24, 2.45) is 0 Å². The standard InChI is InChI=1S/C15H25N3O3/c1-15(2)13(20)18(14(21)16-15)11-7-8-12(19)17-9-5-3-4-6-10-17/h3-11H2,1-2H3,(H,16,21). The molecular weight excluding hydrogens is 270 g/mol. The Balaban J connectivity index is 1.77. The van der Waals surface area contributed by atoms with Gasteiger partial charge in [-0.15, -0.1) is 0 Å². The van der Waals surface area contributed by atoms with E-state index in [0.717, 1.165) is 25.9 Å². The van der Waals surface area contributed by atoms with Crippen LogP contribution in [-0.4, -0.2) is 52.8 Å². The van der Waals surface area contributed by atoms with Gasteiger partial charge in [0.2, 0.25) is 5.91 Å². The van der Waals surface area contributed by atoms with Gasteiger partial charge in [-0.05, 0) is 33.1 Å². The first-order valence-electron chi connectivity index (χ1n) is 7.84. The van der Waals surface area contributed by atoms with Crippen molar-refractivity contribution in [1.29, 1.82) is 0 Å². The molecule has 2 aliphatic rings. The maximum atomic E-state index is 12.1. The van der Waals surface area contributed by atoms with Crippen LogP contribution in [-0.2, 0) is 9.59 Å². The number of amides is 4. The molecule has 6 heteroatoms. The fraction of sp³-hybridized carbons (Fsp3) is 0.800. The average molecular weight is 295 g/mol. The van der Waals surface area contributed by atoms with Crippen LogP contribution < -0.4 is 5.32 Å². The van der Waals surface area contributed by atoms with Crippen LogP contribution in [0.2, 0.25) is 0 Å². The van der Waals surface area contributed by atoms with Crippen LogP contribution in [0.5, 0.6) is 0 Å². The predicted molar refractivity (Wildman–Crippen MR) is 78.6 cm³/mol. The van der Waals surface area contributed by atoms with Crippen molar-refractivity contribution in [2.45, 2.75) is 57.9 Å². The van der Waals surface area contributed by atoms with E-state index in [1.165, 1.54) is 17.7 Å². The summed E-state index contributed by atoms with van der Waals surface area (Å²) in [4.78, 5) is 39.0. The van der Waals surface area contributed by atoms with Gasteiger partial charge >= 0.3 is 6.03 Å². The van der Waals surface area contributed by atoms with Gasteiger partial charge in [-0.2, -0.15) is 0 Å². The third kappa shape index (κ3) is 3.74. The number of carbonyl (C=O) groups excluding carboxylic acids is 3. The molecule has 0 atom stereocenters. The lowest BCUT2D eigenvalue weighted by Gasteiger charge is -2.21. The Morgan fingerprint density at radius 2 is 1.76 bits per heavy atom. The third-order valence-corrected chi connectivity index (χ3v) is 4.18. The van der Waals surface area contributed by atoms with Crippen LogP contribution in [0, 0.1) is 0 Å². The highest BCUT2D eigenvalue weighted by Gasteiger charge is 2.43. The number of nitrogens with one attached hydrogen (secondary N) is 1. The van der Waals surface area contributed by atoms with Gasteiger partial charge in [-0.1, -0.05) is 12.8 Å². The van der Waals surface area contributed by atoms with Crippen molar-refractivity contribution in [3.63, 3.8) is 0 Å². The van der Waals surface area contributed by atoms with Gasteiger partial charge in [0.25, 0.3) is 5.91 Å². The lowest BCUT2D eigenvalue weighted by Crippen LogP contribution is -2.40. The minimum Gasteiger partial charge on any atom is -0.343 e. The molecule has 118 valence electrons. The summed E-state index contributed by atoms with van der Waals surface area (Å²) in [5, 5.41) is 2.64. The zero-order valence-corrected chi connectivity index (χ0v) is 13.0. The van der Waals surface area contributed by atoms with Crippen LogP contribution in [0.3, 0.4) is 0 Å². The molecule has 0 radical (unpaired) electrons. The molecule has 2 heterocycles. The normalized spacial score (nSPS) is 22.2. The van der Waals surface area contributed by atoms with Gasteiger partial charge in [0.15, 0.2) is 0 Å². The maximum Gasteiger partial charge on any atom is 0.325 e. The second kappa shape index (κ2) is 6.45. The highest BCUT2D eigenvalue weighted by atomic mass is 16.2. The summed E-state index contributed by atoms with van der Waals surface area (Å²) >= 11 is 0. The van der Waals surface area contributed by atoms with E-state index in [1.807, 2.05) is 4.90 Å². The molecule has 2 rings (SSSR count). The van der Waals surface area contributed by atoms with Crippen LogP contribution >= 0.6 is 0 Å². The third-order valence-electron chi connectivity index (χ3n) is 4.18. The molecule has 0 unspecified atom stereocenters. The molecule has 4 amide bonds. The molecule has 0 aromatic heterocycles. The highest BCUT2D eigenvalue weighted by molar-refractivity contribution is 6.06. The van der Waals surface area contributed by atoms with E-state index in [1.54, 1.807) is 13.8 Å². The first kappa shape index (κ1) is 15.8. The van der Waals surface area contributed by atoms with Crippen molar-refractivity contribution < 1.29 is 14.4 Å². The summed E-state index contributed by atoms with van der Waals surface area (Å²) < 4.78 is 0. The zero-order valence-electron chi connectivity index (χ0n) is 13.0. The van der Waals surface area contributed by atoms with E-state index < -0.39 is 5.54 Å². The highest BCUT2D eigenvalue weighted by Crippen LogP contribution is 2.17. The van der Waals surface area contributed by atoms with E-state index in [-0.39, 0.29) is 17.8 Å². The van der Waals surface area contributed by atoms with E-state index in [2.05, 4.69) is 5.32 Å². The van der Waals surface area contributed by atoms with Gasteiger partial charge in [-0.3, -0.25) is 14.5 Å². The van der Waals surface area contributed by atoms with Crippen LogP contribution in [0.25, 0.3) is 0 Å². The zero-order chi connectivity index (χ0) is 15.5. The van der Waals surface area contributed by atoms with Crippen LogP contribution in [0.1, 0.15) is 52.4 Å². The lowest BCUT2D eigenvalue weighted by atomic mass is 10.1. The first-order chi connectivity index (χ1) is 9.92. The molecule has 2 aliphatic heterocycles. The Labute approximate surface area is 125 Å². The summed E-state index contributed by atoms with van der Waals surface area (Å²) in [5.74, 6) is -0.0714. The van der Waals surface area contributed by atoms with Gasteiger partial charge in [0, 0.05) is 26.1 Å². The minimum atomic E-state index is -0.828. The fourth-order valence-corrected chi connectivity index (χ4v) is 2.89. The monoisotopic (exact) mass is 295 g/mol. The number of hydrogen-bond acceptors (Lipinski definition) is 3. The molecule has 6 nitrogen and oxygen atoms in total. The summed E-state index contributed by atoms with van der Waals surface area (Å²) in [5.41, 5.74) is -0.828. The topological polar surface area (TPSA) is 69.7 Å². The molecule has 0 saturated carbocycles. The first-order valence-corrected chi connectivity index (χ1v) is 7.84. The Kier molecular flexibility index (Phi) is 4.85. The molecule has 0 aromatic carbocycles. The summed E-state index contributed by atoms with van der Waals surface area (Å²) in [7, 11) is 0. The van der Waals surface area contributed by atoms with Gasteiger partial charge in [-0.25, -0.2) is 4.79 Å². The van der Waals surface area contributed by atoms with Crippen molar-refractivity contribution in [2.75, 3.05) is 19.6 Å². The molecule has 2 fully saturated rings. The number of nitrogens with zero attached hydrogens (tertiary/aromatic N) is 2. The van der Waals surface area contributed by atoms with E-state index >= 15 is 0 Å².